The predicted octanol–water partition coefficient (Wildman–Crippen LogP) is -0.344. The van der Waals surface area contributed by atoms with Crippen molar-refractivity contribution in [1.82, 2.24) is 0 Å². The number of ether oxygens (including phenoxy) is 1. The second-order valence-electron chi connectivity index (χ2n) is 2.52. The van der Waals surface area contributed by atoms with Gasteiger partial charge in [0.15, 0.2) is 0 Å². The van der Waals surface area contributed by atoms with Crippen LogP contribution in [-0.2, 0) is 10.1 Å². The maximum absolute atomic E-state index is 10.6. The monoisotopic (exact) mass is 226 g/mol. The van der Waals surface area contributed by atoms with Crippen molar-refractivity contribution >= 4 is 29.0 Å². The Kier molecular flexibility index (Phi) is 5.94. The molecule has 0 spiro atoms. The SMILES string of the molecule is O=S(=O)(O)c1ccc(OCCO)cc1.[LiH]. The molecule has 1 aromatic carbocycles. The van der Waals surface area contributed by atoms with Crippen molar-refractivity contribution in [3.8, 4) is 5.75 Å². The zero-order chi connectivity index (χ0) is 10.6. The van der Waals surface area contributed by atoms with Crippen molar-refractivity contribution in [3.05, 3.63) is 24.3 Å². The Morgan fingerprint density at radius 1 is 1.20 bits per heavy atom. The summed E-state index contributed by atoms with van der Waals surface area (Å²) in [5.41, 5.74) is 0. The van der Waals surface area contributed by atoms with E-state index in [1.54, 1.807) is 0 Å². The van der Waals surface area contributed by atoms with E-state index in [0.29, 0.717) is 5.75 Å². The second kappa shape index (κ2) is 6.15. The summed E-state index contributed by atoms with van der Waals surface area (Å²) in [5, 5.41) is 8.45. The van der Waals surface area contributed by atoms with E-state index >= 15 is 0 Å². The van der Waals surface area contributed by atoms with E-state index in [0.717, 1.165) is 0 Å². The van der Waals surface area contributed by atoms with Gasteiger partial charge in [-0.2, -0.15) is 8.42 Å². The molecule has 0 aromatic heterocycles. The summed E-state index contributed by atoms with van der Waals surface area (Å²) in [6.45, 7) is 0.0330. The van der Waals surface area contributed by atoms with Crippen LogP contribution in [0.25, 0.3) is 0 Å². The molecule has 0 atom stereocenters. The first-order valence-corrected chi connectivity index (χ1v) is 5.29. The molecular formula is C8H11LiO5S. The molecule has 0 radical (unpaired) electrons. The van der Waals surface area contributed by atoms with Crippen LogP contribution in [0.2, 0.25) is 0 Å². The first-order valence-electron chi connectivity index (χ1n) is 3.85. The number of aliphatic hydroxyl groups excluding tert-OH is 1. The Balaban J connectivity index is 0.00000196. The van der Waals surface area contributed by atoms with Crippen molar-refractivity contribution in [2.24, 2.45) is 0 Å². The first kappa shape index (κ1) is 14.5. The maximum atomic E-state index is 10.6. The van der Waals surface area contributed by atoms with Gasteiger partial charge >= 0.3 is 18.9 Å². The molecule has 0 bridgehead atoms. The van der Waals surface area contributed by atoms with E-state index in [1.165, 1.54) is 24.3 Å². The minimum absolute atomic E-state index is 0. The van der Waals surface area contributed by atoms with Gasteiger partial charge < -0.3 is 9.84 Å². The summed E-state index contributed by atoms with van der Waals surface area (Å²) >= 11 is 0. The molecule has 15 heavy (non-hydrogen) atoms. The van der Waals surface area contributed by atoms with Gasteiger partial charge in [-0.05, 0) is 24.3 Å². The fourth-order valence-corrected chi connectivity index (χ4v) is 1.35. The molecule has 0 unspecified atom stereocenters. The molecule has 0 amide bonds. The van der Waals surface area contributed by atoms with Crippen LogP contribution >= 0.6 is 0 Å². The topological polar surface area (TPSA) is 83.8 Å². The molecule has 2 N–H and O–H groups in total. The normalized spacial score (nSPS) is 10.5. The van der Waals surface area contributed by atoms with Gasteiger partial charge in [0.1, 0.15) is 12.4 Å². The molecule has 0 fully saturated rings. The van der Waals surface area contributed by atoms with Crippen LogP contribution in [0, 0.1) is 0 Å². The number of rotatable bonds is 4. The molecule has 7 heteroatoms. The minimum atomic E-state index is -4.15. The number of benzene rings is 1. The average Bonchev–Trinajstić information content (AvgIpc) is 2.14. The van der Waals surface area contributed by atoms with Gasteiger partial charge in [-0.25, -0.2) is 0 Å². The summed E-state index contributed by atoms with van der Waals surface area (Å²) in [6, 6.07) is 5.25. The third-order valence-electron chi connectivity index (χ3n) is 1.48. The average molecular weight is 226 g/mol. The molecule has 0 saturated heterocycles. The van der Waals surface area contributed by atoms with E-state index in [2.05, 4.69) is 0 Å². The van der Waals surface area contributed by atoms with Crippen LogP contribution in [0.4, 0.5) is 0 Å². The van der Waals surface area contributed by atoms with Crippen LogP contribution in [0.1, 0.15) is 0 Å². The second-order valence-corrected chi connectivity index (χ2v) is 3.94. The van der Waals surface area contributed by atoms with Crippen molar-refractivity contribution in [1.29, 1.82) is 0 Å². The summed E-state index contributed by atoms with van der Waals surface area (Å²) in [5.74, 6) is 0.437. The Bertz CT molecular complexity index is 386. The van der Waals surface area contributed by atoms with Crippen molar-refractivity contribution in [2.45, 2.75) is 4.90 Å². The number of hydrogen-bond acceptors (Lipinski definition) is 4. The van der Waals surface area contributed by atoms with Gasteiger partial charge in [0.2, 0.25) is 0 Å². The Labute approximate surface area is 100.0 Å². The molecule has 1 rings (SSSR count). The summed E-state index contributed by atoms with van der Waals surface area (Å²) in [4.78, 5) is -0.186. The third-order valence-corrected chi connectivity index (χ3v) is 2.35. The summed E-state index contributed by atoms with van der Waals surface area (Å²) in [6.07, 6.45) is 0. The number of hydrogen-bond donors (Lipinski definition) is 2. The molecule has 5 nitrogen and oxygen atoms in total. The van der Waals surface area contributed by atoms with E-state index in [4.69, 9.17) is 14.4 Å². The van der Waals surface area contributed by atoms with Crippen molar-refractivity contribution in [2.75, 3.05) is 13.2 Å². The zero-order valence-electron chi connectivity index (χ0n) is 7.25. The third kappa shape index (κ3) is 4.69. The molecule has 1 aromatic rings. The molecule has 0 aliphatic heterocycles. The van der Waals surface area contributed by atoms with Gasteiger partial charge in [-0.15, -0.1) is 0 Å². The van der Waals surface area contributed by atoms with Gasteiger partial charge in [-0.1, -0.05) is 0 Å². The van der Waals surface area contributed by atoms with Crippen LogP contribution in [-0.4, -0.2) is 50.2 Å². The van der Waals surface area contributed by atoms with Crippen LogP contribution in [0.3, 0.4) is 0 Å². The van der Waals surface area contributed by atoms with E-state index < -0.39 is 10.1 Å². The van der Waals surface area contributed by atoms with Crippen LogP contribution < -0.4 is 4.74 Å². The number of aliphatic hydroxyl groups is 1. The molecule has 0 aliphatic carbocycles. The molecular weight excluding hydrogens is 215 g/mol. The fraction of sp³-hybridized carbons (Fsp3) is 0.250. The van der Waals surface area contributed by atoms with Crippen molar-refractivity contribution < 1.29 is 22.8 Å². The molecule has 80 valence electrons. The van der Waals surface area contributed by atoms with Gasteiger partial charge in [0.05, 0.1) is 11.5 Å². The van der Waals surface area contributed by atoms with Crippen LogP contribution in [0.5, 0.6) is 5.75 Å². The zero-order valence-corrected chi connectivity index (χ0v) is 8.07. The van der Waals surface area contributed by atoms with E-state index in [-0.39, 0.29) is 37.0 Å². The summed E-state index contributed by atoms with van der Waals surface area (Å²) < 4.78 is 34.9. The van der Waals surface area contributed by atoms with E-state index in [1.807, 2.05) is 0 Å². The van der Waals surface area contributed by atoms with Gasteiger partial charge in [-0.3, -0.25) is 4.55 Å². The summed E-state index contributed by atoms with van der Waals surface area (Å²) in [7, 11) is -4.15. The van der Waals surface area contributed by atoms with Gasteiger partial charge in [0.25, 0.3) is 10.1 Å². The Morgan fingerprint density at radius 3 is 2.13 bits per heavy atom. The standard InChI is InChI=1S/C8H10O5S.Li.H/c9-5-6-13-7-1-3-8(4-2-7)14(10,11)12;;/h1-4,9H,5-6H2,(H,10,11,12);;. The Morgan fingerprint density at radius 2 is 1.73 bits per heavy atom. The molecule has 0 saturated carbocycles. The Hall–Kier alpha value is -0.513. The van der Waals surface area contributed by atoms with Crippen molar-refractivity contribution in [3.63, 3.8) is 0 Å². The molecule has 0 heterocycles. The van der Waals surface area contributed by atoms with Crippen LogP contribution in [0.15, 0.2) is 29.2 Å². The first-order chi connectivity index (χ1) is 6.54. The quantitative estimate of drug-likeness (QED) is 0.541. The predicted molar refractivity (Wildman–Crippen MR) is 56.0 cm³/mol. The fourth-order valence-electron chi connectivity index (χ4n) is 0.871. The van der Waals surface area contributed by atoms with E-state index in [9.17, 15) is 8.42 Å². The molecule has 0 aliphatic rings. The van der Waals surface area contributed by atoms with Gasteiger partial charge in [0, 0.05) is 0 Å².